The van der Waals surface area contributed by atoms with Crippen LogP contribution in [0.5, 0.6) is 0 Å². The molecule has 0 saturated carbocycles. The molecule has 1 unspecified atom stereocenters. The maximum atomic E-state index is 3.64. The van der Waals surface area contributed by atoms with Crippen LogP contribution < -0.4 is 5.32 Å². The third kappa shape index (κ3) is 4.56. The van der Waals surface area contributed by atoms with E-state index < -0.39 is 0 Å². The van der Waals surface area contributed by atoms with Crippen molar-refractivity contribution in [2.24, 2.45) is 5.92 Å². The van der Waals surface area contributed by atoms with E-state index in [2.05, 4.69) is 52.8 Å². The predicted molar refractivity (Wildman–Crippen MR) is 77.1 cm³/mol. The van der Waals surface area contributed by atoms with E-state index in [0.717, 1.165) is 12.5 Å². The predicted octanol–water partition coefficient (Wildman–Crippen LogP) is 4.99. The van der Waals surface area contributed by atoms with Gasteiger partial charge in [-0.25, -0.2) is 0 Å². The Labute approximate surface area is 112 Å². The summed E-state index contributed by atoms with van der Waals surface area (Å²) < 4.78 is 1.26. The molecule has 0 fully saturated rings. The van der Waals surface area contributed by atoms with E-state index in [9.17, 15) is 0 Å². The lowest BCUT2D eigenvalue weighted by atomic mass is 9.99. The van der Waals surface area contributed by atoms with Gasteiger partial charge in [0.25, 0.3) is 0 Å². The molecular formula is C13H22BrNS. The summed E-state index contributed by atoms with van der Waals surface area (Å²) in [6.07, 6.45) is 3.70. The van der Waals surface area contributed by atoms with Gasteiger partial charge in [-0.3, -0.25) is 0 Å². The molecular weight excluding hydrogens is 282 g/mol. The Morgan fingerprint density at radius 2 is 2.06 bits per heavy atom. The van der Waals surface area contributed by atoms with E-state index in [1.165, 1.54) is 29.3 Å². The van der Waals surface area contributed by atoms with Gasteiger partial charge in [-0.15, -0.1) is 0 Å². The van der Waals surface area contributed by atoms with Gasteiger partial charge in [0, 0.05) is 15.9 Å². The van der Waals surface area contributed by atoms with Crippen LogP contribution in [0.1, 0.15) is 51.6 Å². The molecule has 0 amide bonds. The fourth-order valence-electron chi connectivity index (χ4n) is 1.73. The van der Waals surface area contributed by atoms with E-state index in [-0.39, 0.29) is 0 Å². The molecule has 0 bridgehead atoms. The zero-order chi connectivity index (χ0) is 12.0. The largest absolute Gasteiger partial charge is 0.310 e. The molecule has 3 heteroatoms. The van der Waals surface area contributed by atoms with Crippen LogP contribution in [0.3, 0.4) is 0 Å². The Kier molecular flexibility index (Phi) is 6.62. The molecule has 0 aliphatic heterocycles. The number of hydrogen-bond donors (Lipinski definition) is 1. The molecule has 0 aliphatic carbocycles. The fourth-order valence-corrected chi connectivity index (χ4v) is 3.35. The van der Waals surface area contributed by atoms with Gasteiger partial charge in [0.2, 0.25) is 0 Å². The first-order chi connectivity index (χ1) is 7.65. The highest BCUT2D eigenvalue weighted by Gasteiger charge is 2.14. The lowest BCUT2D eigenvalue weighted by Gasteiger charge is -2.19. The van der Waals surface area contributed by atoms with Gasteiger partial charge in [0.05, 0.1) is 0 Å². The van der Waals surface area contributed by atoms with Crippen LogP contribution in [-0.2, 0) is 0 Å². The molecule has 1 atom stereocenters. The Balaban J connectivity index is 2.60. The van der Waals surface area contributed by atoms with Crippen molar-refractivity contribution in [3.05, 3.63) is 20.8 Å². The summed E-state index contributed by atoms with van der Waals surface area (Å²) >= 11 is 5.41. The second-order valence-electron chi connectivity index (χ2n) is 4.65. The number of hydrogen-bond acceptors (Lipinski definition) is 2. The third-order valence-corrected chi connectivity index (χ3v) is 4.44. The molecule has 1 rings (SSSR count). The summed E-state index contributed by atoms with van der Waals surface area (Å²) in [6, 6.07) is 0.517. The second-order valence-corrected chi connectivity index (χ2v) is 6.25. The zero-order valence-corrected chi connectivity index (χ0v) is 12.8. The van der Waals surface area contributed by atoms with Crippen LogP contribution in [-0.4, -0.2) is 6.54 Å². The zero-order valence-electron chi connectivity index (χ0n) is 10.4. The first-order valence-electron chi connectivity index (χ1n) is 6.10. The Morgan fingerprint density at radius 1 is 1.31 bits per heavy atom. The SMILES string of the molecule is CCCNC(CCC(C)C)c1cscc1Br. The average Bonchev–Trinajstić information content (AvgIpc) is 2.65. The van der Waals surface area contributed by atoms with Crippen molar-refractivity contribution in [2.45, 2.75) is 46.1 Å². The summed E-state index contributed by atoms with van der Waals surface area (Å²) in [6.45, 7) is 7.90. The standard InChI is InChI=1S/C13H22BrNS/c1-4-7-15-13(6-5-10(2)3)11-8-16-9-12(11)14/h8-10,13,15H,4-7H2,1-3H3. The van der Waals surface area contributed by atoms with Crippen molar-refractivity contribution in [2.75, 3.05) is 6.54 Å². The lowest BCUT2D eigenvalue weighted by molar-refractivity contribution is 0.440. The van der Waals surface area contributed by atoms with Crippen molar-refractivity contribution < 1.29 is 0 Å². The maximum Gasteiger partial charge on any atom is 0.0339 e. The highest BCUT2D eigenvalue weighted by atomic mass is 79.9. The van der Waals surface area contributed by atoms with Gasteiger partial charge in [0.15, 0.2) is 0 Å². The summed E-state index contributed by atoms with van der Waals surface area (Å²) in [5, 5.41) is 8.08. The van der Waals surface area contributed by atoms with E-state index in [0.29, 0.717) is 6.04 Å². The molecule has 0 aliphatic rings. The molecule has 1 aromatic rings. The summed E-state index contributed by atoms with van der Waals surface area (Å²) in [7, 11) is 0. The first-order valence-corrected chi connectivity index (χ1v) is 7.83. The molecule has 92 valence electrons. The van der Waals surface area contributed by atoms with Crippen LogP contribution >= 0.6 is 27.3 Å². The number of thiophene rings is 1. The molecule has 0 aromatic carbocycles. The maximum absolute atomic E-state index is 3.64. The minimum Gasteiger partial charge on any atom is -0.310 e. The molecule has 1 N–H and O–H groups in total. The van der Waals surface area contributed by atoms with Crippen molar-refractivity contribution >= 4 is 27.3 Å². The van der Waals surface area contributed by atoms with E-state index in [1.54, 1.807) is 11.3 Å². The molecule has 16 heavy (non-hydrogen) atoms. The van der Waals surface area contributed by atoms with E-state index >= 15 is 0 Å². The highest BCUT2D eigenvalue weighted by molar-refractivity contribution is 9.10. The van der Waals surface area contributed by atoms with Gasteiger partial charge in [-0.2, -0.15) is 11.3 Å². The number of rotatable bonds is 7. The Morgan fingerprint density at radius 3 is 2.56 bits per heavy atom. The van der Waals surface area contributed by atoms with Crippen molar-refractivity contribution in [1.82, 2.24) is 5.32 Å². The summed E-state index contributed by atoms with van der Waals surface area (Å²) in [5.74, 6) is 0.781. The smallest absolute Gasteiger partial charge is 0.0339 e. The molecule has 0 saturated heterocycles. The third-order valence-electron chi connectivity index (χ3n) is 2.69. The van der Waals surface area contributed by atoms with Crippen LogP contribution in [0.25, 0.3) is 0 Å². The Hall–Kier alpha value is 0.140. The van der Waals surface area contributed by atoms with E-state index in [4.69, 9.17) is 0 Å². The minimum absolute atomic E-state index is 0.517. The van der Waals surface area contributed by atoms with Crippen LogP contribution in [0.15, 0.2) is 15.2 Å². The molecule has 1 heterocycles. The monoisotopic (exact) mass is 303 g/mol. The fraction of sp³-hybridized carbons (Fsp3) is 0.692. The van der Waals surface area contributed by atoms with Crippen molar-refractivity contribution in [1.29, 1.82) is 0 Å². The Bertz CT molecular complexity index is 296. The average molecular weight is 304 g/mol. The molecule has 1 aromatic heterocycles. The minimum atomic E-state index is 0.517. The van der Waals surface area contributed by atoms with Crippen molar-refractivity contribution in [3.8, 4) is 0 Å². The van der Waals surface area contributed by atoms with Gasteiger partial charge < -0.3 is 5.32 Å². The lowest BCUT2D eigenvalue weighted by Crippen LogP contribution is -2.22. The van der Waals surface area contributed by atoms with Crippen LogP contribution in [0.4, 0.5) is 0 Å². The highest BCUT2D eigenvalue weighted by Crippen LogP contribution is 2.30. The van der Waals surface area contributed by atoms with Gasteiger partial charge in [-0.05, 0) is 58.6 Å². The van der Waals surface area contributed by atoms with Gasteiger partial charge in [0.1, 0.15) is 0 Å². The van der Waals surface area contributed by atoms with E-state index in [1.807, 2.05) is 0 Å². The number of nitrogens with one attached hydrogen (secondary N) is 1. The second kappa shape index (κ2) is 7.46. The van der Waals surface area contributed by atoms with Crippen molar-refractivity contribution in [3.63, 3.8) is 0 Å². The van der Waals surface area contributed by atoms with Gasteiger partial charge in [-0.1, -0.05) is 20.8 Å². The van der Waals surface area contributed by atoms with Gasteiger partial charge >= 0.3 is 0 Å². The summed E-state index contributed by atoms with van der Waals surface area (Å²) in [4.78, 5) is 0. The topological polar surface area (TPSA) is 12.0 Å². The molecule has 0 radical (unpaired) electrons. The quantitative estimate of drug-likeness (QED) is 0.748. The molecule has 0 spiro atoms. The normalized spacial score (nSPS) is 13.3. The molecule has 1 nitrogen and oxygen atoms in total. The first kappa shape index (κ1) is 14.2. The number of halogens is 1. The van der Waals surface area contributed by atoms with Crippen LogP contribution in [0, 0.1) is 5.92 Å². The van der Waals surface area contributed by atoms with Crippen LogP contribution in [0.2, 0.25) is 0 Å². The summed E-state index contributed by atoms with van der Waals surface area (Å²) in [5.41, 5.74) is 1.43.